The summed E-state index contributed by atoms with van der Waals surface area (Å²) in [7, 11) is 0. The van der Waals surface area contributed by atoms with Gasteiger partial charge < -0.3 is 5.11 Å². The first-order chi connectivity index (χ1) is 10.1. The van der Waals surface area contributed by atoms with Crippen molar-refractivity contribution in [2.75, 3.05) is 0 Å². The minimum Gasteiger partial charge on any atom is -0.478 e. The summed E-state index contributed by atoms with van der Waals surface area (Å²) >= 11 is 1.39. The average Bonchev–Trinajstić information content (AvgIpc) is 2.97. The molecule has 0 radical (unpaired) electrons. The lowest BCUT2D eigenvalue weighted by Gasteiger charge is -1.99. The van der Waals surface area contributed by atoms with Crippen molar-refractivity contribution >= 4 is 17.3 Å². The van der Waals surface area contributed by atoms with Gasteiger partial charge in [0.2, 0.25) is 0 Å². The van der Waals surface area contributed by atoms with Crippen molar-refractivity contribution in [1.82, 2.24) is 19.9 Å². The van der Waals surface area contributed by atoms with E-state index < -0.39 is 5.97 Å². The Morgan fingerprint density at radius 1 is 1.14 bits per heavy atom. The highest BCUT2D eigenvalue weighted by atomic mass is 32.1. The first-order valence-corrected chi connectivity index (χ1v) is 6.96. The second-order valence-electron chi connectivity index (χ2n) is 4.26. The highest BCUT2D eigenvalue weighted by Crippen LogP contribution is 2.27. The van der Waals surface area contributed by atoms with Crippen LogP contribution in [0.1, 0.15) is 16.1 Å². The molecule has 0 aliphatic carbocycles. The number of rotatable bonds is 3. The van der Waals surface area contributed by atoms with Gasteiger partial charge in [-0.05, 0) is 19.1 Å². The lowest BCUT2D eigenvalue weighted by atomic mass is 10.2. The molecular formula is C14H10N4O2S. The second-order valence-corrected chi connectivity index (χ2v) is 5.12. The first-order valence-electron chi connectivity index (χ1n) is 6.08. The Bertz CT molecular complexity index is 816. The standard InChI is InChI=1S/C14H10N4O2S/c1-8-12(17-5-4-15-8)11-7-21-13(18-11)10-6-9(14(19)20)2-3-16-10/h2-7H,1H3,(H,19,20). The molecule has 0 fully saturated rings. The van der Waals surface area contributed by atoms with Crippen LogP contribution >= 0.6 is 11.3 Å². The molecule has 0 spiro atoms. The summed E-state index contributed by atoms with van der Waals surface area (Å²) in [6, 6.07) is 2.96. The van der Waals surface area contributed by atoms with Gasteiger partial charge in [0.05, 0.1) is 17.0 Å². The quantitative estimate of drug-likeness (QED) is 0.799. The van der Waals surface area contributed by atoms with Crippen molar-refractivity contribution in [2.45, 2.75) is 6.92 Å². The van der Waals surface area contributed by atoms with Gasteiger partial charge in [0.15, 0.2) is 0 Å². The van der Waals surface area contributed by atoms with Crippen LogP contribution in [-0.4, -0.2) is 31.0 Å². The molecule has 0 saturated carbocycles. The van der Waals surface area contributed by atoms with E-state index in [1.54, 1.807) is 12.4 Å². The van der Waals surface area contributed by atoms with Gasteiger partial charge in [0, 0.05) is 24.0 Å². The van der Waals surface area contributed by atoms with Gasteiger partial charge in [0.1, 0.15) is 16.4 Å². The van der Waals surface area contributed by atoms with E-state index in [2.05, 4.69) is 19.9 Å². The number of hydrogen-bond acceptors (Lipinski definition) is 6. The topological polar surface area (TPSA) is 88.9 Å². The molecule has 3 rings (SSSR count). The van der Waals surface area contributed by atoms with E-state index >= 15 is 0 Å². The number of carboxylic acid groups (broad SMARTS) is 1. The molecule has 0 aliphatic heterocycles. The second kappa shape index (κ2) is 5.37. The van der Waals surface area contributed by atoms with E-state index in [9.17, 15) is 4.79 Å². The van der Waals surface area contributed by atoms with Crippen LogP contribution < -0.4 is 0 Å². The zero-order chi connectivity index (χ0) is 14.8. The van der Waals surface area contributed by atoms with Crippen molar-refractivity contribution < 1.29 is 9.90 Å². The van der Waals surface area contributed by atoms with Crippen molar-refractivity contribution in [3.8, 4) is 22.1 Å². The molecule has 0 aromatic carbocycles. The Hall–Kier alpha value is -2.67. The maximum Gasteiger partial charge on any atom is 0.335 e. The number of pyridine rings is 1. The molecule has 0 bridgehead atoms. The normalized spacial score (nSPS) is 10.5. The van der Waals surface area contributed by atoms with Gasteiger partial charge in [0.25, 0.3) is 0 Å². The van der Waals surface area contributed by atoms with Crippen LogP contribution in [0.4, 0.5) is 0 Å². The molecular weight excluding hydrogens is 288 g/mol. The fourth-order valence-electron chi connectivity index (χ4n) is 1.84. The minimum absolute atomic E-state index is 0.187. The fourth-order valence-corrected chi connectivity index (χ4v) is 2.61. The minimum atomic E-state index is -0.986. The Kier molecular flexibility index (Phi) is 3.41. The number of thiazole rings is 1. The molecule has 0 aliphatic rings. The molecule has 7 heteroatoms. The Morgan fingerprint density at radius 2 is 1.95 bits per heavy atom. The largest absolute Gasteiger partial charge is 0.478 e. The van der Waals surface area contributed by atoms with E-state index in [0.29, 0.717) is 16.4 Å². The summed E-state index contributed by atoms with van der Waals surface area (Å²) in [5.41, 5.74) is 2.94. The number of aromatic carboxylic acids is 1. The maximum absolute atomic E-state index is 11.0. The van der Waals surface area contributed by atoms with Gasteiger partial charge in [-0.3, -0.25) is 15.0 Å². The molecule has 0 saturated heterocycles. The number of aryl methyl sites for hydroxylation is 1. The van der Waals surface area contributed by atoms with E-state index in [0.717, 1.165) is 11.4 Å². The van der Waals surface area contributed by atoms with E-state index in [-0.39, 0.29) is 5.56 Å². The van der Waals surface area contributed by atoms with Crippen LogP contribution in [0.2, 0.25) is 0 Å². The Balaban J connectivity index is 2.01. The summed E-state index contributed by atoms with van der Waals surface area (Å²) in [6.45, 7) is 1.87. The lowest BCUT2D eigenvalue weighted by molar-refractivity contribution is 0.0697. The van der Waals surface area contributed by atoms with E-state index in [4.69, 9.17) is 5.11 Å². The number of carbonyl (C=O) groups is 1. The van der Waals surface area contributed by atoms with Gasteiger partial charge in [-0.1, -0.05) is 0 Å². The predicted molar refractivity (Wildman–Crippen MR) is 78.1 cm³/mol. The average molecular weight is 298 g/mol. The summed E-state index contributed by atoms with van der Waals surface area (Å²) in [4.78, 5) is 28.1. The zero-order valence-electron chi connectivity index (χ0n) is 11.0. The van der Waals surface area contributed by atoms with Gasteiger partial charge in [-0.2, -0.15) is 0 Å². The van der Waals surface area contributed by atoms with Gasteiger partial charge in [-0.15, -0.1) is 11.3 Å². The summed E-state index contributed by atoms with van der Waals surface area (Å²) in [6.07, 6.45) is 4.71. The van der Waals surface area contributed by atoms with Crippen LogP contribution in [0.3, 0.4) is 0 Å². The van der Waals surface area contributed by atoms with Crippen LogP contribution in [0, 0.1) is 6.92 Å². The number of hydrogen-bond donors (Lipinski definition) is 1. The lowest BCUT2D eigenvalue weighted by Crippen LogP contribution is -1.97. The maximum atomic E-state index is 11.0. The molecule has 1 N–H and O–H groups in total. The third kappa shape index (κ3) is 2.63. The molecule has 0 atom stereocenters. The van der Waals surface area contributed by atoms with Gasteiger partial charge >= 0.3 is 5.97 Å². The molecule has 3 aromatic heterocycles. The summed E-state index contributed by atoms with van der Waals surface area (Å²) < 4.78 is 0. The molecule has 3 heterocycles. The molecule has 0 unspecified atom stereocenters. The number of carboxylic acids is 1. The molecule has 21 heavy (non-hydrogen) atoms. The van der Waals surface area contributed by atoms with Crippen LogP contribution in [0.15, 0.2) is 36.1 Å². The van der Waals surface area contributed by atoms with Crippen molar-refractivity contribution in [2.24, 2.45) is 0 Å². The molecule has 0 amide bonds. The van der Waals surface area contributed by atoms with Crippen molar-refractivity contribution in [1.29, 1.82) is 0 Å². The first kappa shape index (κ1) is 13.3. The number of aromatic nitrogens is 4. The fraction of sp³-hybridized carbons (Fsp3) is 0.0714. The summed E-state index contributed by atoms with van der Waals surface area (Å²) in [5, 5.41) is 11.5. The third-order valence-corrected chi connectivity index (χ3v) is 3.72. The SMILES string of the molecule is Cc1nccnc1-c1csc(-c2cc(C(=O)O)ccn2)n1. The van der Waals surface area contributed by atoms with Crippen LogP contribution in [-0.2, 0) is 0 Å². The third-order valence-electron chi connectivity index (χ3n) is 2.85. The number of nitrogens with zero attached hydrogens (tertiary/aromatic N) is 4. The molecule has 6 nitrogen and oxygen atoms in total. The van der Waals surface area contributed by atoms with Gasteiger partial charge in [-0.25, -0.2) is 9.78 Å². The van der Waals surface area contributed by atoms with E-state index in [1.807, 2.05) is 12.3 Å². The Morgan fingerprint density at radius 3 is 2.71 bits per heavy atom. The predicted octanol–water partition coefficient (Wildman–Crippen LogP) is 2.67. The van der Waals surface area contributed by atoms with Crippen LogP contribution in [0.5, 0.6) is 0 Å². The highest BCUT2D eigenvalue weighted by Gasteiger charge is 2.12. The highest BCUT2D eigenvalue weighted by molar-refractivity contribution is 7.13. The van der Waals surface area contributed by atoms with Crippen LogP contribution in [0.25, 0.3) is 22.1 Å². The van der Waals surface area contributed by atoms with Crippen molar-refractivity contribution in [3.05, 3.63) is 47.4 Å². The van der Waals surface area contributed by atoms with E-state index in [1.165, 1.54) is 29.7 Å². The molecule has 3 aromatic rings. The monoisotopic (exact) mass is 298 g/mol. The Labute approximate surface area is 124 Å². The zero-order valence-corrected chi connectivity index (χ0v) is 11.8. The smallest absolute Gasteiger partial charge is 0.335 e. The summed E-state index contributed by atoms with van der Waals surface area (Å²) in [5.74, 6) is -0.986. The van der Waals surface area contributed by atoms with Crippen molar-refractivity contribution in [3.63, 3.8) is 0 Å². The molecule has 104 valence electrons.